The van der Waals surface area contributed by atoms with Gasteiger partial charge in [-0.2, -0.15) is 0 Å². The standard InChI is InChI=1S/C22H26ClN5O2S2/c1-2-9-28-21(20-19(23)16-6-3-4-7-17(16)32-20)25-26-22(28)31-15-18(29)24-8-5-10-27-11-13-30-14-12-27/h2-4,6-7H,1,5,8-15H2,(H,24,29). The van der Waals surface area contributed by atoms with Crippen LogP contribution >= 0.6 is 34.7 Å². The fraction of sp³-hybridized carbons (Fsp3) is 0.409. The number of nitrogens with one attached hydrogen (secondary N) is 1. The molecule has 1 amide bonds. The van der Waals surface area contributed by atoms with Crippen LogP contribution in [0.15, 0.2) is 42.1 Å². The normalized spacial score (nSPS) is 14.7. The molecular weight excluding hydrogens is 466 g/mol. The number of carbonyl (C=O) groups is 1. The minimum atomic E-state index is -0.00780. The fourth-order valence-electron chi connectivity index (χ4n) is 3.55. The maximum Gasteiger partial charge on any atom is 0.230 e. The van der Waals surface area contributed by atoms with E-state index in [0.717, 1.165) is 54.2 Å². The van der Waals surface area contributed by atoms with Crippen molar-refractivity contribution in [2.75, 3.05) is 45.1 Å². The van der Waals surface area contributed by atoms with Crippen molar-refractivity contribution in [3.8, 4) is 10.7 Å². The average Bonchev–Trinajstić information content (AvgIpc) is 3.37. The van der Waals surface area contributed by atoms with Gasteiger partial charge in [-0.15, -0.1) is 28.1 Å². The number of ether oxygens (including phenoxy) is 1. The molecule has 1 aliphatic rings. The predicted molar refractivity (Wildman–Crippen MR) is 132 cm³/mol. The van der Waals surface area contributed by atoms with Gasteiger partial charge in [-0.25, -0.2) is 0 Å². The van der Waals surface area contributed by atoms with Crippen molar-refractivity contribution in [2.24, 2.45) is 0 Å². The van der Waals surface area contributed by atoms with E-state index in [1.165, 1.54) is 11.8 Å². The summed E-state index contributed by atoms with van der Waals surface area (Å²) in [4.78, 5) is 15.6. The molecule has 1 saturated heterocycles. The zero-order chi connectivity index (χ0) is 22.3. The number of allylic oxidation sites excluding steroid dienone is 1. The monoisotopic (exact) mass is 491 g/mol. The van der Waals surface area contributed by atoms with E-state index < -0.39 is 0 Å². The molecule has 1 fully saturated rings. The highest BCUT2D eigenvalue weighted by Crippen LogP contribution is 2.41. The zero-order valence-electron chi connectivity index (χ0n) is 17.8. The topological polar surface area (TPSA) is 72.3 Å². The molecule has 170 valence electrons. The number of amides is 1. The zero-order valence-corrected chi connectivity index (χ0v) is 20.1. The average molecular weight is 492 g/mol. The van der Waals surface area contributed by atoms with Crippen LogP contribution in [0.3, 0.4) is 0 Å². The smallest absolute Gasteiger partial charge is 0.230 e. The number of halogens is 1. The van der Waals surface area contributed by atoms with Gasteiger partial charge >= 0.3 is 0 Å². The van der Waals surface area contributed by atoms with Crippen LogP contribution in [-0.4, -0.2) is 70.7 Å². The van der Waals surface area contributed by atoms with Crippen LogP contribution < -0.4 is 5.32 Å². The Morgan fingerprint density at radius 3 is 2.91 bits per heavy atom. The van der Waals surface area contributed by atoms with E-state index in [4.69, 9.17) is 16.3 Å². The lowest BCUT2D eigenvalue weighted by Crippen LogP contribution is -2.38. The second kappa shape index (κ2) is 11.3. The molecule has 0 bridgehead atoms. The highest BCUT2D eigenvalue weighted by molar-refractivity contribution is 7.99. The van der Waals surface area contributed by atoms with Crippen LogP contribution in [-0.2, 0) is 16.1 Å². The number of aromatic nitrogens is 3. The Labute approximate surface area is 200 Å². The molecule has 0 spiro atoms. The number of benzene rings is 1. The molecule has 0 saturated carbocycles. The van der Waals surface area contributed by atoms with Gasteiger partial charge in [-0.1, -0.05) is 47.6 Å². The summed E-state index contributed by atoms with van der Waals surface area (Å²) < 4.78 is 8.42. The molecule has 3 aromatic rings. The van der Waals surface area contributed by atoms with Gasteiger partial charge < -0.3 is 10.1 Å². The van der Waals surface area contributed by atoms with Crippen molar-refractivity contribution >= 4 is 50.7 Å². The molecule has 0 aliphatic carbocycles. The molecule has 2 aromatic heterocycles. The summed E-state index contributed by atoms with van der Waals surface area (Å²) in [5, 5.41) is 14.1. The Hall–Kier alpha value is -1.91. The van der Waals surface area contributed by atoms with E-state index >= 15 is 0 Å². The first-order chi connectivity index (χ1) is 15.7. The lowest BCUT2D eigenvalue weighted by Gasteiger charge is -2.26. The van der Waals surface area contributed by atoms with E-state index in [1.54, 1.807) is 17.4 Å². The van der Waals surface area contributed by atoms with Gasteiger partial charge in [0.05, 0.1) is 28.9 Å². The maximum absolute atomic E-state index is 12.3. The Morgan fingerprint density at radius 2 is 2.12 bits per heavy atom. The summed E-state index contributed by atoms with van der Waals surface area (Å²) >= 11 is 9.61. The van der Waals surface area contributed by atoms with Crippen molar-refractivity contribution in [1.29, 1.82) is 0 Å². The number of thioether (sulfide) groups is 1. The summed E-state index contributed by atoms with van der Waals surface area (Å²) in [6.45, 7) is 9.56. The number of fused-ring (bicyclic) bond motifs is 1. The number of rotatable bonds is 10. The number of carbonyl (C=O) groups excluding carboxylic acids is 1. The molecule has 1 N–H and O–H groups in total. The summed E-state index contributed by atoms with van der Waals surface area (Å²) in [7, 11) is 0. The van der Waals surface area contributed by atoms with Crippen LogP contribution in [0.4, 0.5) is 0 Å². The Bertz CT molecular complexity index is 1080. The fourth-order valence-corrected chi connectivity index (χ4v) is 5.84. The molecule has 32 heavy (non-hydrogen) atoms. The summed E-state index contributed by atoms with van der Waals surface area (Å²) in [6, 6.07) is 8.02. The number of morpholine rings is 1. The highest BCUT2D eigenvalue weighted by atomic mass is 35.5. The Kier molecular flexibility index (Phi) is 8.20. The first-order valence-electron chi connectivity index (χ1n) is 10.6. The van der Waals surface area contributed by atoms with Crippen LogP contribution in [0.1, 0.15) is 6.42 Å². The third kappa shape index (κ3) is 5.52. The molecule has 0 radical (unpaired) electrons. The highest BCUT2D eigenvalue weighted by Gasteiger charge is 2.20. The van der Waals surface area contributed by atoms with Gasteiger partial charge in [-0.3, -0.25) is 14.3 Å². The van der Waals surface area contributed by atoms with Gasteiger partial charge in [0.25, 0.3) is 0 Å². The maximum atomic E-state index is 12.3. The summed E-state index contributed by atoms with van der Waals surface area (Å²) in [5.41, 5.74) is 0. The minimum Gasteiger partial charge on any atom is -0.379 e. The lowest BCUT2D eigenvalue weighted by molar-refractivity contribution is -0.118. The molecule has 1 aromatic carbocycles. The first-order valence-corrected chi connectivity index (χ1v) is 12.8. The van der Waals surface area contributed by atoms with E-state index in [1.807, 2.05) is 28.8 Å². The quantitative estimate of drug-likeness (QED) is 0.263. The third-order valence-electron chi connectivity index (χ3n) is 5.18. The molecule has 0 atom stereocenters. The van der Waals surface area contributed by atoms with Crippen molar-refractivity contribution < 1.29 is 9.53 Å². The second-order valence-corrected chi connectivity index (χ2v) is 9.77. The third-order valence-corrected chi connectivity index (χ3v) is 7.81. The van der Waals surface area contributed by atoms with E-state index in [2.05, 4.69) is 27.0 Å². The van der Waals surface area contributed by atoms with E-state index in [-0.39, 0.29) is 11.7 Å². The molecule has 1 aliphatic heterocycles. The van der Waals surface area contributed by atoms with Crippen molar-refractivity contribution in [3.63, 3.8) is 0 Å². The van der Waals surface area contributed by atoms with Gasteiger partial charge in [0, 0.05) is 36.3 Å². The first kappa shape index (κ1) is 23.3. The molecule has 10 heteroatoms. The van der Waals surface area contributed by atoms with Gasteiger partial charge in [-0.05, 0) is 19.0 Å². The number of nitrogens with zero attached hydrogens (tertiary/aromatic N) is 4. The molecular formula is C22H26ClN5O2S2. The van der Waals surface area contributed by atoms with Crippen molar-refractivity contribution in [1.82, 2.24) is 25.0 Å². The second-order valence-electron chi connectivity index (χ2n) is 7.39. The van der Waals surface area contributed by atoms with E-state index in [9.17, 15) is 4.79 Å². The summed E-state index contributed by atoms with van der Waals surface area (Å²) in [5.74, 6) is 0.976. The van der Waals surface area contributed by atoms with Crippen LogP contribution in [0.25, 0.3) is 20.8 Å². The molecule has 3 heterocycles. The Morgan fingerprint density at radius 1 is 1.31 bits per heavy atom. The molecule has 0 unspecified atom stereocenters. The largest absolute Gasteiger partial charge is 0.379 e. The molecule has 4 rings (SSSR count). The van der Waals surface area contributed by atoms with Gasteiger partial charge in [0.15, 0.2) is 11.0 Å². The van der Waals surface area contributed by atoms with Crippen LogP contribution in [0, 0.1) is 0 Å². The minimum absolute atomic E-state index is 0.00780. The van der Waals surface area contributed by atoms with Gasteiger partial charge in [0.1, 0.15) is 0 Å². The number of hydrogen-bond acceptors (Lipinski definition) is 7. The van der Waals surface area contributed by atoms with E-state index in [0.29, 0.717) is 29.1 Å². The number of hydrogen-bond donors (Lipinski definition) is 1. The van der Waals surface area contributed by atoms with Crippen LogP contribution in [0.2, 0.25) is 5.02 Å². The lowest BCUT2D eigenvalue weighted by atomic mass is 10.2. The van der Waals surface area contributed by atoms with Crippen LogP contribution in [0.5, 0.6) is 0 Å². The summed E-state index contributed by atoms with van der Waals surface area (Å²) in [6.07, 6.45) is 2.72. The predicted octanol–water partition coefficient (Wildman–Crippen LogP) is 3.93. The number of thiophene rings is 1. The van der Waals surface area contributed by atoms with Crippen molar-refractivity contribution in [2.45, 2.75) is 18.1 Å². The Balaban J connectivity index is 1.35. The SMILES string of the molecule is C=CCn1c(SCC(=O)NCCCN2CCOCC2)nnc1-c1sc2ccccc2c1Cl. The van der Waals surface area contributed by atoms with Crippen molar-refractivity contribution in [3.05, 3.63) is 41.9 Å². The molecule has 7 nitrogen and oxygen atoms in total. The van der Waals surface area contributed by atoms with Gasteiger partial charge in [0.2, 0.25) is 5.91 Å².